The molecule has 0 saturated carbocycles. The SMILES string of the molecule is CCN1C(=O)/C(=C\c2cc(Cl)c(O)c(OC)c2)SC1=S. The number of aromatic hydroxyl groups is 1. The maximum atomic E-state index is 12.1. The molecule has 2 rings (SSSR count). The van der Waals surface area contributed by atoms with Crippen molar-refractivity contribution in [3.8, 4) is 11.5 Å². The summed E-state index contributed by atoms with van der Waals surface area (Å²) in [6.45, 7) is 2.41. The molecule has 1 aromatic rings. The number of amides is 1. The van der Waals surface area contributed by atoms with Crippen LogP contribution in [-0.4, -0.2) is 33.9 Å². The second-order valence-electron chi connectivity index (χ2n) is 3.98. The molecule has 1 N–H and O–H groups in total. The van der Waals surface area contributed by atoms with Crippen molar-refractivity contribution in [1.29, 1.82) is 0 Å². The number of carbonyl (C=O) groups is 1. The van der Waals surface area contributed by atoms with Gasteiger partial charge in [-0.3, -0.25) is 9.69 Å². The lowest BCUT2D eigenvalue weighted by atomic mass is 10.2. The van der Waals surface area contributed by atoms with Crippen molar-refractivity contribution < 1.29 is 14.6 Å². The predicted octanol–water partition coefficient (Wildman–Crippen LogP) is 3.28. The summed E-state index contributed by atoms with van der Waals surface area (Å²) < 4.78 is 5.57. The average molecular weight is 330 g/mol. The molecule has 1 aliphatic heterocycles. The lowest BCUT2D eigenvalue weighted by molar-refractivity contribution is -0.121. The largest absolute Gasteiger partial charge is 0.503 e. The summed E-state index contributed by atoms with van der Waals surface area (Å²) in [5.41, 5.74) is 0.668. The molecular formula is C13H12ClNO3S2. The minimum Gasteiger partial charge on any atom is -0.503 e. The number of thiocarbonyl (C=S) groups is 1. The molecule has 1 heterocycles. The molecule has 1 aromatic carbocycles. The zero-order valence-corrected chi connectivity index (χ0v) is 13.2. The topological polar surface area (TPSA) is 49.8 Å². The van der Waals surface area contributed by atoms with E-state index in [1.165, 1.54) is 23.8 Å². The number of halogens is 1. The first-order valence-electron chi connectivity index (χ1n) is 5.79. The predicted molar refractivity (Wildman–Crippen MR) is 85.2 cm³/mol. The zero-order chi connectivity index (χ0) is 14.9. The van der Waals surface area contributed by atoms with E-state index in [4.69, 9.17) is 28.6 Å². The molecule has 0 unspecified atom stereocenters. The minimum atomic E-state index is -0.120. The molecule has 1 amide bonds. The van der Waals surface area contributed by atoms with Gasteiger partial charge in [-0.1, -0.05) is 35.6 Å². The van der Waals surface area contributed by atoms with Gasteiger partial charge >= 0.3 is 0 Å². The van der Waals surface area contributed by atoms with Crippen LogP contribution < -0.4 is 4.74 Å². The Balaban J connectivity index is 2.39. The van der Waals surface area contributed by atoms with Gasteiger partial charge in [0.2, 0.25) is 0 Å². The first-order valence-corrected chi connectivity index (χ1v) is 7.40. The number of benzene rings is 1. The number of hydrogen-bond acceptors (Lipinski definition) is 5. The molecule has 1 fully saturated rings. The molecule has 0 aliphatic carbocycles. The van der Waals surface area contributed by atoms with Crippen molar-refractivity contribution in [3.63, 3.8) is 0 Å². The van der Waals surface area contributed by atoms with E-state index in [9.17, 15) is 9.90 Å². The highest BCUT2D eigenvalue weighted by molar-refractivity contribution is 8.26. The number of thioether (sulfide) groups is 1. The number of nitrogens with zero attached hydrogens (tertiary/aromatic N) is 1. The van der Waals surface area contributed by atoms with Crippen molar-refractivity contribution >= 4 is 51.9 Å². The Hall–Kier alpha value is -1.24. The third kappa shape index (κ3) is 2.77. The van der Waals surface area contributed by atoms with Crippen LogP contribution in [0.15, 0.2) is 17.0 Å². The highest BCUT2D eigenvalue weighted by atomic mass is 35.5. The van der Waals surface area contributed by atoms with Gasteiger partial charge in [0.1, 0.15) is 4.32 Å². The van der Waals surface area contributed by atoms with Gasteiger partial charge in [0.15, 0.2) is 11.5 Å². The second-order valence-corrected chi connectivity index (χ2v) is 6.06. The van der Waals surface area contributed by atoms with Crippen molar-refractivity contribution in [1.82, 2.24) is 4.90 Å². The summed E-state index contributed by atoms with van der Waals surface area (Å²) in [7, 11) is 1.44. The molecule has 0 spiro atoms. The fourth-order valence-corrected chi connectivity index (χ4v) is 3.36. The molecule has 20 heavy (non-hydrogen) atoms. The Morgan fingerprint density at radius 1 is 1.55 bits per heavy atom. The summed E-state index contributed by atoms with van der Waals surface area (Å²) in [5.74, 6) is 0.0211. The van der Waals surface area contributed by atoms with Crippen LogP contribution in [-0.2, 0) is 4.79 Å². The fourth-order valence-electron chi connectivity index (χ4n) is 1.76. The van der Waals surface area contributed by atoms with E-state index in [-0.39, 0.29) is 22.4 Å². The lowest BCUT2D eigenvalue weighted by Gasteiger charge is -2.09. The van der Waals surface area contributed by atoms with E-state index in [0.717, 1.165) is 0 Å². The average Bonchev–Trinajstić information content (AvgIpc) is 2.68. The van der Waals surface area contributed by atoms with E-state index in [2.05, 4.69) is 0 Å². The van der Waals surface area contributed by atoms with Crippen LogP contribution >= 0.6 is 35.6 Å². The number of hydrogen-bond donors (Lipinski definition) is 1. The third-order valence-electron chi connectivity index (χ3n) is 2.76. The van der Waals surface area contributed by atoms with E-state index in [1.807, 2.05) is 6.92 Å². The second kappa shape index (κ2) is 6.03. The fraction of sp³-hybridized carbons (Fsp3) is 0.231. The number of likely N-dealkylation sites (N-methyl/N-ethyl adjacent to an activating group) is 1. The van der Waals surface area contributed by atoms with Crippen molar-refractivity contribution in [2.75, 3.05) is 13.7 Å². The van der Waals surface area contributed by atoms with Gasteiger partial charge in [-0.05, 0) is 30.7 Å². The van der Waals surface area contributed by atoms with Gasteiger partial charge < -0.3 is 9.84 Å². The molecular weight excluding hydrogens is 318 g/mol. The van der Waals surface area contributed by atoms with Crippen molar-refractivity contribution in [3.05, 3.63) is 27.6 Å². The van der Waals surface area contributed by atoms with Gasteiger partial charge in [-0.15, -0.1) is 0 Å². The lowest BCUT2D eigenvalue weighted by Crippen LogP contribution is -2.27. The molecule has 0 bridgehead atoms. The van der Waals surface area contributed by atoms with Crippen LogP contribution in [0.3, 0.4) is 0 Å². The summed E-state index contributed by atoms with van der Waals surface area (Å²) in [5, 5.41) is 9.85. The molecule has 1 saturated heterocycles. The first kappa shape index (κ1) is 15.2. The third-order valence-corrected chi connectivity index (χ3v) is 4.42. The number of methoxy groups -OCH3 is 1. The molecule has 0 aromatic heterocycles. The van der Waals surface area contributed by atoms with Gasteiger partial charge in [-0.2, -0.15) is 0 Å². The van der Waals surface area contributed by atoms with Gasteiger partial charge in [0.25, 0.3) is 5.91 Å². The Morgan fingerprint density at radius 3 is 2.80 bits per heavy atom. The minimum absolute atomic E-state index is 0.118. The molecule has 4 nitrogen and oxygen atoms in total. The van der Waals surface area contributed by atoms with Crippen molar-refractivity contribution in [2.45, 2.75) is 6.92 Å². The van der Waals surface area contributed by atoms with Crippen molar-refractivity contribution in [2.24, 2.45) is 0 Å². The van der Waals surface area contributed by atoms with Gasteiger partial charge in [0.05, 0.1) is 17.0 Å². The summed E-state index contributed by atoms with van der Waals surface area (Å²) in [4.78, 5) is 14.2. The normalized spacial score (nSPS) is 17.1. The highest BCUT2D eigenvalue weighted by Gasteiger charge is 2.30. The van der Waals surface area contributed by atoms with Crippen LogP contribution in [0, 0.1) is 0 Å². The van der Waals surface area contributed by atoms with Crippen LogP contribution in [0.5, 0.6) is 11.5 Å². The molecule has 0 atom stereocenters. The number of phenols is 1. The van der Waals surface area contributed by atoms with E-state index in [1.54, 1.807) is 18.2 Å². The number of carbonyl (C=O) groups excluding carboxylic acids is 1. The quantitative estimate of drug-likeness (QED) is 0.681. The Bertz CT molecular complexity index is 616. The molecule has 0 radical (unpaired) electrons. The van der Waals surface area contributed by atoms with E-state index >= 15 is 0 Å². The number of phenolic OH excluding ortho intramolecular Hbond substituents is 1. The zero-order valence-electron chi connectivity index (χ0n) is 10.8. The smallest absolute Gasteiger partial charge is 0.266 e. The van der Waals surface area contributed by atoms with Crippen LogP contribution in [0.4, 0.5) is 0 Å². The maximum absolute atomic E-state index is 12.1. The monoisotopic (exact) mass is 329 g/mol. The van der Waals surface area contributed by atoms with E-state index < -0.39 is 0 Å². The van der Waals surface area contributed by atoms with Crippen LogP contribution in [0.2, 0.25) is 5.02 Å². The first-order chi connectivity index (χ1) is 9.47. The van der Waals surface area contributed by atoms with Crippen LogP contribution in [0.25, 0.3) is 6.08 Å². The Morgan fingerprint density at radius 2 is 2.25 bits per heavy atom. The van der Waals surface area contributed by atoms with Gasteiger partial charge in [-0.25, -0.2) is 0 Å². The summed E-state index contributed by atoms with van der Waals surface area (Å²) >= 11 is 12.3. The molecule has 1 aliphatic rings. The molecule has 106 valence electrons. The standard InChI is InChI=1S/C13H12ClNO3S2/c1-3-15-12(17)10(20-13(15)19)6-7-4-8(14)11(16)9(5-7)18-2/h4-6,16H,3H2,1-2H3/b10-6+. The van der Waals surface area contributed by atoms with E-state index in [0.29, 0.717) is 21.3 Å². The number of rotatable bonds is 3. The van der Waals surface area contributed by atoms with Crippen LogP contribution in [0.1, 0.15) is 12.5 Å². The maximum Gasteiger partial charge on any atom is 0.266 e. The highest BCUT2D eigenvalue weighted by Crippen LogP contribution is 2.37. The Kier molecular flexibility index (Phi) is 4.57. The molecule has 7 heteroatoms. The van der Waals surface area contributed by atoms with Gasteiger partial charge in [0, 0.05) is 6.54 Å². The summed E-state index contributed by atoms with van der Waals surface area (Å²) in [6, 6.07) is 3.18. The summed E-state index contributed by atoms with van der Waals surface area (Å²) in [6.07, 6.45) is 1.68. The number of ether oxygens (including phenoxy) is 1. The Labute approximate surface area is 131 Å².